The molecule has 0 bridgehead atoms. The Morgan fingerprint density at radius 3 is 2.58 bits per heavy atom. The minimum Gasteiger partial charge on any atom is -0.494 e. The minimum absolute atomic E-state index is 0.0902. The molecule has 2 aromatic carbocycles. The summed E-state index contributed by atoms with van der Waals surface area (Å²) in [6, 6.07) is 20.8. The van der Waals surface area contributed by atoms with E-state index < -0.39 is 0 Å². The maximum atomic E-state index is 6.12. The number of nitrogens with zero attached hydrogens (tertiary/aromatic N) is 5. The van der Waals surface area contributed by atoms with E-state index in [2.05, 4.69) is 76.3 Å². The van der Waals surface area contributed by atoms with Crippen molar-refractivity contribution in [3.8, 4) is 16.2 Å². The van der Waals surface area contributed by atoms with Gasteiger partial charge >= 0.3 is 0 Å². The summed E-state index contributed by atoms with van der Waals surface area (Å²) in [4.78, 5) is 12.6. The number of nitrogen functional groups attached to an aromatic ring is 1. The van der Waals surface area contributed by atoms with Crippen molar-refractivity contribution in [1.82, 2.24) is 14.9 Å². The Kier molecular flexibility index (Phi) is 7.44. The molecule has 2 aromatic heterocycles. The number of nitrogens with two attached hydrogens (primary N) is 1. The van der Waals surface area contributed by atoms with E-state index in [0.29, 0.717) is 0 Å². The van der Waals surface area contributed by atoms with Crippen molar-refractivity contribution in [2.45, 2.75) is 32.7 Å². The first-order valence-electron chi connectivity index (χ1n) is 12.6. The summed E-state index contributed by atoms with van der Waals surface area (Å²) in [5.41, 5.74) is 9.27. The van der Waals surface area contributed by atoms with Crippen molar-refractivity contribution in [2.24, 2.45) is 5.10 Å². The van der Waals surface area contributed by atoms with Crippen LogP contribution in [0, 0.1) is 0 Å². The first-order valence-corrected chi connectivity index (χ1v) is 13.4. The zero-order valence-corrected chi connectivity index (χ0v) is 21.6. The lowest BCUT2D eigenvalue weighted by Crippen LogP contribution is -2.25. The van der Waals surface area contributed by atoms with Crippen LogP contribution in [0.2, 0.25) is 0 Å². The molecule has 0 saturated carbocycles. The van der Waals surface area contributed by atoms with Gasteiger partial charge in [0, 0.05) is 24.1 Å². The van der Waals surface area contributed by atoms with Gasteiger partial charge in [0.15, 0.2) is 5.82 Å². The normalized spacial score (nSPS) is 15.3. The van der Waals surface area contributed by atoms with Gasteiger partial charge in [-0.15, -0.1) is 11.3 Å². The Morgan fingerprint density at radius 1 is 1.06 bits per heavy atom. The fourth-order valence-electron chi connectivity index (χ4n) is 4.53. The molecule has 1 aliphatic heterocycles. The third-order valence-corrected chi connectivity index (χ3v) is 7.69. The Balaban J connectivity index is 1.35. The topological polar surface area (TPSA) is 79.9 Å². The lowest BCUT2D eigenvalue weighted by molar-refractivity contribution is 0.249. The van der Waals surface area contributed by atoms with Crippen molar-refractivity contribution in [3.05, 3.63) is 66.2 Å². The highest BCUT2D eigenvalue weighted by molar-refractivity contribution is 7.22. The predicted octanol–water partition coefficient (Wildman–Crippen LogP) is 5.99. The Morgan fingerprint density at radius 2 is 1.83 bits per heavy atom. The van der Waals surface area contributed by atoms with Crippen molar-refractivity contribution in [2.75, 3.05) is 37.0 Å². The highest BCUT2D eigenvalue weighted by Crippen LogP contribution is 2.42. The van der Waals surface area contributed by atoms with Gasteiger partial charge in [-0.25, -0.2) is 9.99 Å². The molecule has 1 unspecified atom stereocenters. The van der Waals surface area contributed by atoms with Crippen molar-refractivity contribution >= 4 is 39.5 Å². The second kappa shape index (κ2) is 11.1. The Hall–Kier alpha value is -3.49. The number of thiophene rings is 1. The lowest BCUT2D eigenvalue weighted by Gasteiger charge is -2.23. The fraction of sp³-hybridized carbons (Fsp3) is 0.321. The van der Waals surface area contributed by atoms with E-state index in [1.54, 1.807) is 11.3 Å². The van der Waals surface area contributed by atoms with Gasteiger partial charge < -0.3 is 15.4 Å². The average Bonchev–Trinajstić information content (AvgIpc) is 3.57. The van der Waals surface area contributed by atoms with Gasteiger partial charge in [-0.05, 0) is 61.0 Å². The fourth-order valence-corrected chi connectivity index (χ4v) is 5.62. The van der Waals surface area contributed by atoms with Crippen LogP contribution < -0.4 is 15.5 Å². The summed E-state index contributed by atoms with van der Waals surface area (Å²) in [6.45, 7) is 8.32. The molecule has 186 valence electrons. The largest absolute Gasteiger partial charge is 0.494 e. The number of hydrogen-bond donors (Lipinski definition) is 1. The van der Waals surface area contributed by atoms with E-state index in [1.807, 2.05) is 29.4 Å². The molecule has 36 heavy (non-hydrogen) atoms. The summed E-state index contributed by atoms with van der Waals surface area (Å²) in [5.74, 6) is 1.90. The third kappa shape index (κ3) is 5.20. The standard InChI is InChI=1S/C28H32N6OS/c1-3-33(4-2)17-8-18-35-22-13-11-21(12-14-22)25-19-23-26(36-25)27(32-28(29)31-23)34-24(15-16-30-34)20-9-6-5-7-10-20/h5-7,9-14,16,19,24H,3-4,8,15,17-18H2,1-2H3,(H2,29,31,32). The van der Waals surface area contributed by atoms with Gasteiger partial charge in [0.1, 0.15) is 5.75 Å². The van der Waals surface area contributed by atoms with E-state index in [9.17, 15) is 0 Å². The molecule has 0 aliphatic carbocycles. The summed E-state index contributed by atoms with van der Waals surface area (Å²) < 4.78 is 6.95. The quantitative estimate of drug-likeness (QED) is 0.270. The molecule has 4 aromatic rings. The van der Waals surface area contributed by atoms with Crippen molar-refractivity contribution in [1.29, 1.82) is 0 Å². The molecule has 0 fully saturated rings. The summed E-state index contributed by atoms with van der Waals surface area (Å²) >= 11 is 1.66. The Bertz CT molecular complexity index is 1320. The minimum atomic E-state index is 0.0902. The van der Waals surface area contributed by atoms with Gasteiger partial charge in [-0.1, -0.05) is 44.2 Å². The average molecular weight is 501 g/mol. The number of aromatic nitrogens is 2. The molecule has 5 rings (SSSR count). The zero-order chi connectivity index (χ0) is 24.9. The number of hydrogen-bond acceptors (Lipinski definition) is 8. The van der Waals surface area contributed by atoms with Crippen LogP contribution >= 0.6 is 11.3 Å². The van der Waals surface area contributed by atoms with Gasteiger partial charge in [0.2, 0.25) is 5.95 Å². The number of benzene rings is 2. The van der Waals surface area contributed by atoms with E-state index >= 15 is 0 Å². The second-order valence-corrected chi connectivity index (χ2v) is 9.84. The zero-order valence-electron chi connectivity index (χ0n) is 20.8. The van der Waals surface area contributed by atoms with E-state index in [4.69, 9.17) is 10.5 Å². The summed E-state index contributed by atoms with van der Waals surface area (Å²) in [6.07, 6.45) is 3.78. The molecule has 1 aliphatic rings. The highest BCUT2D eigenvalue weighted by atomic mass is 32.1. The summed E-state index contributed by atoms with van der Waals surface area (Å²) in [7, 11) is 0. The SMILES string of the molecule is CCN(CC)CCCOc1ccc(-c2cc3nc(N)nc(N4N=CCC4c4ccccc4)c3s2)cc1. The third-order valence-electron chi connectivity index (χ3n) is 6.52. The molecular formula is C28H32N6OS. The monoisotopic (exact) mass is 500 g/mol. The van der Waals surface area contributed by atoms with Crippen LogP contribution in [0.25, 0.3) is 20.7 Å². The van der Waals surface area contributed by atoms with Crippen LogP contribution in [0.3, 0.4) is 0 Å². The smallest absolute Gasteiger partial charge is 0.222 e. The van der Waals surface area contributed by atoms with E-state index in [-0.39, 0.29) is 12.0 Å². The molecule has 2 N–H and O–H groups in total. The summed E-state index contributed by atoms with van der Waals surface area (Å²) in [5, 5.41) is 6.63. The molecule has 7 nitrogen and oxygen atoms in total. The van der Waals surface area contributed by atoms with Crippen LogP contribution in [0.5, 0.6) is 5.75 Å². The van der Waals surface area contributed by atoms with Crippen LogP contribution in [-0.4, -0.2) is 47.3 Å². The molecule has 0 saturated heterocycles. The van der Waals surface area contributed by atoms with Crippen LogP contribution in [0.15, 0.2) is 65.8 Å². The molecule has 3 heterocycles. The van der Waals surface area contributed by atoms with E-state index in [0.717, 1.165) is 71.3 Å². The van der Waals surface area contributed by atoms with Crippen molar-refractivity contribution < 1.29 is 4.74 Å². The first-order chi connectivity index (χ1) is 17.7. The van der Waals surface area contributed by atoms with Crippen LogP contribution in [-0.2, 0) is 0 Å². The molecule has 8 heteroatoms. The molecular weight excluding hydrogens is 468 g/mol. The van der Waals surface area contributed by atoms with E-state index in [1.165, 1.54) is 5.56 Å². The predicted molar refractivity (Wildman–Crippen MR) is 150 cm³/mol. The van der Waals surface area contributed by atoms with Gasteiger partial charge in [-0.3, -0.25) is 0 Å². The number of ether oxygens (including phenoxy) is 1. The Labute approximate surface area is 216 Å². The molecule has 0 radical (unpaired) electrons. The number of rotatable bonds is 10. The number of anilines is 2. The van der Waals surface area contributed by atoms with Crippen LogP contribution in [0.1, 0.15) is 38.3 Å². The molecule has 1 atom stereocenters. The number of hydrazone groups is 1. The van der Waals surface area contributed by atoms with Gasteiger partial charge in [0.25, 0.3) is 0 Å². The second-order valence-electron chi connectivity index (χ2n) is 8.79. The highest BCUT2D eigenvalue weighted by Gasteiger charge is 2.28. The van der Waals surface area contributed by atoms with Crippen LogP contribution in [0.4, 0.5) is 11.8 Å². The lowest BCUT2D eigenvalue weighted by atomic mass is 10.0. The molecule has 0 spiro atoms. The van der Waals surface area contributed by atoms with Gasteiger partial charge in [0.05, 0.1) is 22.9 Å². The maximum absolute atomic E-state index is 6.12. The number of fused-ring (bicyclic) bond motifs is 1. The molecule has 0 amide bonds. The first kappa shape index (κ1) is 24.2. The van der Waals surface area contributed by atoms with Gasteiger partial charge in [-0.2, -0.15) is 10.1 Å². The van der Waals surface area contributed by atoms with Crippen molar-refractivity contribution in [3.63, 3.8) is 0 Å². The maximum Gasteiger partial charge on any atom is 0.222 e.